The molecule has 0 aliphatic heterocycles. The van der Waals surface area contributed by atoms with Gasteiger partial charge in [0, 0.05) is 4.47 Å². The fraction of sp³-hybridized carbons (Fsp3) is 0.273. The molecule has 1 rings (SSSR count). The van der Waals surface area contributed by atoms with E-state index in [0.29, 0.717) is 10.0 Å². The normalized spacial score (nSPS) is 9.00. The number of hydrogen-bond donors (Lipinski definition) is 2. The zero-order valence-corrected chi connectivity index (χ0v) is 10.8. The Balaban J connectivity index is 0.00000106. The van der Waals surface area contributed by atoms with E-state index in [1.54, 1.807) is 6.92 Å². The van der Waals surface area contributed by atoms with E-state index in [9.17, 15) is 9.59 Å². The van der Waals surface area contributed by atoms with Crippen LogP contribution in [-0.4, -0.2) is 22.2 Å². The fourth-order valence-corrected chi connectivity index (χ4v) is 1.48. The SMILES string of the molecule is CC.Cc1c(Br)cc(C(=O)O)cc1C(=O)O. The van der Waals surface area contributed by atoms with Crippen molar-refractivity contribution in [3.8, 4) is 0 Å². The minimum absolute atomic E-state index is 0.00299. The summed E-state index contributed by atoms with van der Waals surface area (Å²) in [6.45, 7) is 5.61. The molecule has 1 aromatic rings. The van der Waals surface area contributed by atoms with Gasteiger partial charge in [0.25, 0.3) is 0 Å². The maximum absolute atomic E-state index is 10.7. The van der Waals surface area contributed by atoms with E-state index in [0.717, 1.165) is 6.07 Å². The average Bonchev–Trinajstić information content (AvgIpc) is 2.24. The molecule has 88 valence electrons. The topological polar surface area (TPSA) is 74.6 Å². The number of carboxylic acid groups (broad SMARTS) is 2. The van der Waals surface area contributed by atoms with E-state index in [4.69, 9.17) is 10.2 Å². The van der Waals surface area contributed by atoms with Crippen molar-refractivity contribution < 1.29 is 19.8 Å². The number of carboxylic acids is 2. The number of halogens is 1. The molecule has 5 heteroatoms. The maximum atomic E-state index is 10.7. The van der Waals surface area contributed by atoms with Crippen LogP contribution >= 0.6 is 15.9 Å². The van der Waals surface area contributed by atoms with Crippen molar-refractivity contribution in [1.82, 2.24) is 0 Å². The lowest BCUT2D eigenvalue weighted by Gasteiger charge is -2.04. The van der Waals surface area contributed by atoms with Crippen LogP contribution in [0.1, 0.15) is 40.1 Å². The summed E-state index contributed by atoms with van der Waals surface area (Å²) in [5.41, 5.74) is 0.471. The van der Waals surface area contributed by atoms with Crippen molar-refractivity contribution in [3.63, 3.8) is 0 Å². The van der Waals surface area contributed by atoms with E-state index in [1.807, 2.05) is 13.8 Å². The van der Waals surface area contributed by atoms with Gasteiger partial charge in [0.1, 0.15) is 0 Å². The summed E-state index contributed by atoms with van der Waals surface area (Å²) in [5, 5.41) is 17.5. The van der Waals surface area contributed by atoms with Crippen molar-refractivity contribution in [2.75, 3.05) is 0 Å². The van der Waals surface area contributed by atoms with Crippen molar-refractivity contribution in [2.24, 2.45) is 0 Å². The minimum Gasteiger partial charge on any atom is -0.478 e. The summed E-state index contributed by atoms with van der Waals surface area (Å²) in [6, 6.07) is 2.52. The van der Waals surface area contributed by atoms with Crippen LogP contribution in [0.4, 0.5) is 0 Å². The van der Waals surface area contributed by atoms with Crippen LogP contribution in [0.25, 0.3) is 0 Å². The summed E-state index contributed by atoms with van der Waals surface area (Å²) in [5.74, 6) is -2.28. The van der Waals surface area contributed by atoms with Gasteiger partial charge in [0.05, 0.1) is 11.1 Å². The van der Waals surface area contributed by atoms with Crippen LogP contribution in [-0.2, 0) is 0 Å². The maximum Gasteiger partial charge on any atom is 0.336 e. The molecule has 0 saturated carbocycles. The second-order valence-electron chi connectivity index (χ2n) is 2.74. The number of rotatable bonds is 2. The third-order valence-electron chi connectivity index (χ3n) is 1.82. The highest BCUT2D eigenvalue weighted by molar-refractivity contribution is 9.10. The molecule has 1 aromatic carbocycles. The van der Waals surface area contributed by atoms with Gasteiger partial charge >= 0.3 is 11.9 Å². The van der Waals surface area contributed by atoms with Gasteiger partial charge in [-0.3, -0.25) is 0 Å². The van der Waals surface area contributed by atoms with Crippen LogP contribution in [0.5, 0.6) is 0 Å². The first-order valence-electron chi connectivity index (χ1n) is 4.70. The highest BCUT2D eigenvalue weighted by Gasteiger charge is 2.14. The molecule has 0 amide bonds. The van der Waals surface area contributed by atoms with Crippen molar-refractivity contribution in [3.05, 3.63) is 33.3 Å². The fourth-order valence-electron chi connectivity index (χ4n) is 1.02. The lowest BCUT2D eigenvalue weighted by Crippen LogP contribution is -2.05. The van der Waals surface area contributed by atoms with Gasteiger partial charge < -0.3 is 10.2 Å². The second kappa shape index (κ2) is 6.27. The van der Waals surface area contributed by atoms with Gasteiger partial charge in [0.2, 0.25) is 0 Å². The summed E-state index contributed by atoms with van der Waals surface area (Å²) < 4.78 is 0.481. The van der Waals surface area contributed by atoms with Gasteiger partial charge in [-0.15, -0.1) is 0 Å². The molecule has 0 bridgehead atoms. The molecule has 0 unspecified atom stereocenters. The van der Waals surface area contributed by atoms with E-state index in [1.165, 1.54) is 6.07 Å². The van der Waals surface area contributed by atoms with E-state index < -0.39 is 11.9 Å². The molecule has 0 saturated heterocycles. The molecular weight excluding hydrogens is 276 g/mol. The van der Waals surface area contributed by atoms with Crippen LogP contribution in [0.2, 0.25) is 0 Å². The van der Waals surface area contributed by atoms with Crippen molar-refractivity contribution in [2.45, 2.75) is 20.8 Å². The van der Waals surface area contributed by atoms with Crippen LogP contribution in [0.3, 0.4) is 0 Å². The molecule has 0 aliphatic rings. The van der Waals surface area contributed by atoms with E-state index >= 15 is 0 Å². The van der Waals surface area contributed by atoms with Crippen LogP contribution in [0, 0.1) is 6.92 Å². The van der Waals surface area contributed by atoms with Gasteiger partial charge in [-0.25, -0.2) is 9.59 Å². The van der Waals surface area contributed by atoms with E-state index in [2.05, 4.69) is 15.9 Å². The lowest BCUT2D eigenvalue weighted by molar-refractivity contribution is 0.0695. The van der Waals surface area contributed by atoms with Gasteiger partial charge in [-0.05, 0) is 24.6 Å². The molecule has 4 nitrogen and oxygen atoms in total. The average molecular weight is 289 g/mol. The minimum atomic E-state index is -1.15. The largest absolute Gasteiger partial charge is 0.478 e. The Bertz CT molecular complexity index is 413. The second-order valence-corrected chi connectivity index (χ2v) is 3.60. The standard InChI is InChI=1S/C9H7BrO4.C2H6/c1-4-6(9(13)14)2-5(8(11)12)3-7(4)10;1-2/h2-3H,1H3,(H,11,12)(H,13,14);1-2H3. The van der Waals surface area contributed by atoms with Gasteiger partial charge in [-0.2, -0.15) is 0 Å². The number of hydrogen-bond acceptors (Lipinski definition) is 2. The highest BCUT2D eigenvalue weighted by atomic mass is 79.9. The molecular formula is C11H13BrO4. The van der Waals surface area contributed by atoms with Gasteiger partial charge in [0.15, 0.2) is 0 Å². The summed E-state index contributed by atoms with van der Waals surface area (Å²) in [7, 11) is 0. The summed E-state index contributed by atoms with van der Waals surface area (Å²) >= 11 is 3.11. The monoisotopic (exact) mass is 288 g/mol. The Labute approximate surface area is 102 Å². The van der Waals surface area contributed by atoms with E-state index in [-0.39, 0.29) is 11.1 Å². The summed E-state index contributed by atoms with van der Waals surface area (Å²) in [4.78, 5) is 21.4. The first-order valence-corrected chi connectivity index (χ1v) is 5.49. The molecule has 0 aliphatic carbocycles. The molecule has 0 radical (unpaired) electrons. The highest BCUT2D eigenvalue weighted by Crippen LogP contribution is 2.22. The zero-order chi connectivity index (χ0) is 12.9. The predicted molar refractivity (Wildman–Crippen MR) is 64.1 cm³/mol. The molecule has 0 atom stereocenters. The van der Waals surface area contributed by atoms with Crippen molar-refractivity contribution >= 4 is 27.9 Å². The third kappa shape index (κ3) is 3.34. The van der Waals surface area contributed by atoms with Crippen LogP contribution in [0.15, 0.2) is 16.6 Å². The Hall–Kier alpha value is -1.36. The summed E-state index contributed by atoms with van der Waals surface area (Å²) in [6.07, 6.45) is 0. The Morgan fingerprint density at radius 1 is 1.12 bits per heavy atom. The first kappa shape index (κ1) is 14.6. The predicted octanol–water partition coefficient (Wildman–Crippen LogP) is 3.18. The lowest BCUT2D eigenvalue weighted by atomic mass is 10.1. The molecule has 0 aromatic heterocycles. The number of aromatic carboxylic acids is 2. The van der Waals surface area contributed by atoms with Gasteiger partial charge in [-0.1, -0.05) is 29.8 Å². The Morgan fingerprint density at radius 2 is 1.62 bits per heavy atom. The molecule has 16 heavy (non-hydrogen) atoms. The number of carbonyl (C=O) groups is 2. The van der Waals surface area contributed by atoms with Crippen molar-refractivity contribution in [1.29, 1.82) is 0 Å². The van der Waals surface area contributed by atoms with Crippen LogP contribution < -0.4 is 0 Å². The molecule has 2 N–H and O–H groups in total. The molecule has 0 spiro atoms. The quantitative estimate of drug-likeness (QED) is 0.876. The smallest absolute Gasteiger partial charge is 0.336 e. The Morgan fingerprint density at radius 3 is 2.00 bits per heavy atom. The Kier molecular flexibility index (Phi) is 5.74. The molecule has 0 fully saturated rings. The third-order valence-corrected chi connectivity index (χ3v) is 2.65. The molecule has 0 heterocycles. The zero-order valence-electron chi connectivity index (χ0n) is 9.24. The first-order chi connectivity index (χ1) is 7.43. The number of benzene rings is 1.